The van der Waals surface area contributed by atoms with Crippen molar-refractivity contribution in [1.82, 2.24) is 15.2 Å². The number of ether oxygens (including phenoxy) is 2. The van der Waals surface area contributed by atoms with Crippen LogP contribution in [0.5, 0.6) is 5.75 Å². The van der Waals surface area contributed by atoms with Crippen LogP contribution in [-0.2, 0) is 4.74 Å². The summed E-state index contributed by atoms with van der Waals surface area (Å²) in [6, 6.07) is 7.67. The van der Waals surface area contributed by atoms with Crippen molar-refractivity contribution in [3.05, 3.63) is 30.0 Å². The lowest BCUT2D eigenvalue weighted by Crippen LogP contribution is -2.46. The first kappa shape index (κ1) is 15.8. The molecule has 1 saturated heterocycles. The van der Waals surface area contributed by atoms with Gasteiger partial charge in [0.2, 0.25) is 0 Å². The Morgan fingerprint density at radius 2 is 2.17 bits per heavy atom. The molecule has 0 bridgehead atoms. The summed E-state index contributed by atoms with van der Waals surface area (Å²) in [7, 11) is 1.63. The first-order chi connectivity index (χ1) is 11.2. The van der Waals surface area contributed by atoms with E-state index >= 15 is 0 Å². The van der Waals surface area contributed by atoms with Crippen molar-refractivity contribution in [1.29, 1.82) is 0 Å². The lowest BCUT2D eigenvalue weighted by atomic mass is 10.2. The minimum absolute atomic E-state index is 0.0825. The summed E-state index contributed by atoms with van der Waals surface area (Å²) >= 11 is 0. The lowest BCUT2D eigenvalue weighted by Gasteiger charge is -2.29. The van der Waals surface area contributed by atoms with Gasteiger partial charge in [-0.05, 0) is 25.1 Å². The predicted octanol–water partition coefficient (Wildman–Crippen LogP) is 1.63. The summed E-state index contributed by atoms with van der Waals surface area (Å²) in [5.41, 5.74) is 1.47. The van der Waals surface area contributed by atoms with Crippen LogP contribution in [0.4, 0.5) is 0 Å². The van der Waals surface area contributed by atoms with E-state index in [1.165, 1.54) is 0 Å². The van der Waals surface area contributed by atoms with Crippen LogP contribution in [0.1, 0.15) is 17.4 Å². The number of carbonyl (C=O) groups is 1. The van der Waals surface area contributed by atoms with Crippen molar-refractivity contribution >= 4 is 16.8 Å². The quantitative estimate of drug-likeness (QED) is 0.879. The summed E-state index contributed by atoms with van der Waals surface area (Å²) in [6.07, 6.45) is 0. The van der Waals surface area contributed by atoms with Gasteiger partial charge in [-0.1, -0.05) is 0 Å². The van der Waals surface area contributed by atoms with Crippen molar-refractivity contribution in [2.24, 2.45) is 0 Å². The van der Waals surface area contributed by atoms with Gasteiger partial charge in [-0.2, -0.15) is 0 Å². The fraction of sp³-hybridized carbons (Fsp3) is 0.471. The average molecular weight is 317 g/mol. The number of nitrogens with zero attached hydrogens (tertiary/aromatic N) is 1. The molecule has 1 aliphatic rings. The number of aromatic nitrogens is 1. The Morgan fingerprint density at radius 1 is 1.39 bits per heavy atom. The first-order valence-electron chi connectivity index (χ1n) is 7.93. The van der Waals surface area contributed by atoms with Crippen LogP contribution in [0.2, 0.25) is 0 Å². The summed E-state index contributed by atoms with van der Waals surface area (Å²) in [5.74, 6) is 0.688. The molecule has 0 spiro atoms. The van der Waals surface area contributed by atoms with E-state index in [-0.39, 0.29) is 11.9 Å². The van der Waals surface area contributed by atoms with Crippen molar-refractivity contribution in [2.45, 2.75) is 13.0 Å². The minimum atomic E-state index is -0.0825. The number of rotatable bonds is 5. The molecule has 124 valence electrons. The number of carbonyl (C=O) groups excluding carboxylic acids is 1. The number of hydrogen-bond acceptors (Lipinski definition) is 4. The Morgan fingerprint density at radius 3 is 2.91 bits per heavy atom. The zero-order valence-electron chi connectivity index (χ0n) is 13.6. The lowest BCUT2D eigenvalue weighted by molar-refractivity contribution is 0.0342. The van der Waals surface area contributed by atoms with Crippen LogP contribution in [0.25, 0.3) is 10.9 Å². The number of aromatic amines is 1. The van der Waals surface area contributed by atoms with E-state index in [2.05, 4.69) is 15.2 Å². The molecule has 3 rings (SSSR count). The van der Waals surface area contributed by atoms with E-state index in [0.717, 1.165) is 49.5 Å². The summed E-state index contributed by atoms with van der Waals surface area (Å²) < 4.78 is 10.5. The molecule has 0 saturated carbocycles. The highest BCUT2D eigenvalue weighted by Crippen LogP contribution is 2.21. The number of fused-ring (bicyclic) bond motifs is 1. The monoisotopic (exact) mass is 317 g/mol. The van der Waals surface area contributed by atoms with Crippen molar-refractivity contribution in [3.63, 3.8) is 0 Å². The Labute approximate surface area is 135 Å². The van der Waals surface area contributed by atoms with E-state index in [9.17, 15) is 4.79 Å². The molecule has 1 aromatic heterocycles. The van der Waals surface area contributed by atoms with E-state index in [0.29, 0.717) is 5.69 Å². The van der Waals surface area contributed by atoms with Gasteiger partial charge in [0.15, 0.2) is 0 Å². The van der Waals surface area contributed by atoms with Gasteiger partial charge in [-0.15, -0.1) is 0 Å². The molecule has 6 nitrogen and oxygen atoms in total. The van der Waals surface area contributed by atoms with Crippen LogP contribution in [0.15, 0.2) is 24.3 Å². The molecule has 6 heteroatoms. The molecule has 0 radical (unpaired) electrons. The smallest absolute Gasteiger partial charge is 0.267 e. The van der Waals surface area contributed by atoms with Crippen LogP contribution >= 0.6 is 0 Å². The van der Waals surface area contributed by atoms with Crippen LogP contribution < -0.4 is 10.1 Å². The van der Waals surface area contributed by atoms with Gasteiger partial charge in [0, 0.05) is 42.6 Å². The SMILES string of the molecule is COc1ccc2cc(C(=O)NC(C)CN3CCOCC3)[nH]c2c1. The van der Waals surface area contributed by atoms with E-state index in [1.54, 1.807) is 7.11 Å². The molecule has 1 unspecified atom stereocenters. The number of methoxy groups -OCH3 is 1. The van der Waals surface area contributed by atoms with Crippen LogP contribution in [0, 0.1) is 0 Å². The summed E-state index contributed by atoms with van der Waals surface area (Å²) in [6.45, 7) is 6.25. The maximum Gasteiger partial charge on any atom is 0.267 e. The molecule has 1 aromatic carbocycles. The topological polar surface area (TPSA) is 66.6 Å². The largest absolute Gasteiger partial charge is 0.497 e. The predicted molar refractivity (Wildman–Crippen MR) is 89.0 cm³/mol. The third-order valence-electron chi connectivity index (χ3n) is 4.09. The molecule has 1 fully saturated rings. The first-order valence-corrected chi connectivity index (χ1v) is 7.93. The standard InChI is InChI=1S/C17H23N3O3/c1-12(11-20-5-7-23-8-6-20)18-17(21)16-9-13-3-4-14(22-2)10-15(13)19-16/h3-4,9-10,12,19H,5-8,11H2,1-2H3,(H,18,21). The third kappa shape index (κ3) is 3.83. The normalized spacial score (nSPS) is 17.1. The maximum atomic E-state index is 12.4. The maximum absolute atomic E-state index is 12.4. The fourth-order valence-electron chi connectivity index (χ4n) is 2.87. The number of benzene rings is 1. The molecule has 0 aliphatic carbocycles. The Kier molecular flexibility index (Phi) is 4.83. The van der Waals surface area contributed by atoms with E-state index in [4.69, 9.17) is 9.47 Å². The van der Waals surface area contributed by atoms with Crippen molar-refractivity contribution in [2.75, 3.05) is 40.0 Å². The Bertz CT molecular complexity index is 677. The third-order valence-corrected chi connectivity index (χ3v) is 4.09. The van der Waals surface area contributed by atoms with Gasteiger partial charge >= 0.3 is 0 Å². The minimum Gasteiger partial charge on any atom is -0.497 e. The summed E-state index contributed by atoms with van der Waals surface area (Å²) in [4.78, 5) is 17.9. The second-order valence-electron chi connectivity index (χ2n) is 5.92. The number of morpholine rings is 1. The zero-order valence-corrected chi connectivity index (χ0v) is 13.6. The zero-order chi connectivity index (χ0) is 16.2. The van der Waals surface area contributed by atoms with Crippen LogP contribution in [-0.4, -0.2) is 61.8 Å². The number of H-pyrrole nitrogens is 1. The molecule has 1 aliphatic heterocycles. The molecule has 1 amide bonds. The van der Waals surface area contributed by atoms with Gasteiger partial charge in [-0.3, -0.25) is 9.69 Å². The number of nitrogens with one attached hydrogen (secondary N) is 2. The van der Waals surface area contributed by atoms with Crippen LogP contribution in [0.3, 0.4) is 0 Å². The van der Waals surface area contributed by atoms with Gasteiger partial charge in [0.05, 0.1) is 20.3 Å². The van der Waals surface area contributed by atoms with Gasteiger partial charge in [0.1, 0.15) is 11.4 Å². The Balaban J connectivity index is 1.62. The number of hydrogen-bond donors (Lipinski definition) is 2. The second-order valence-corrected chi connectivity index (χ2v) is 5.92. The highest BCUT2D eigenvalue weighted by atomic mass is 16.5. The van der Waals surface area contributed by atoms with Crippen molar-refractivity contribution < 1.29 is 14.3 Å². The highest BCUT2D eigenvalue weighted by Gasteiger charge is 2.17. The highest BCUT2D eigenvalue weighted by molar-refractivity contribution is 5.98. The van der Waals surface area contributed by atoms with E-state index < -0.39 is 0 Å². The molecular weight excluding hydrogens is 294 g/mol. The van der Waals surface area contributed by atoms with Gasteiger partial charge in [0.25, 0.3) is 5.91 Å². The summed E-state index contributed by atoms with van der Waals surface area (Å²) in [5, 5.41) is 4.05. The van der Waals surface area contributed by atoms with Gasteiger partial charge in [-0.25, -0.2) is 0 Å². The van der Waals surface area contributed by atoms with Crippen molar-refractivity contribution in [3.8, 4) is 5.75 Å². The molecule has 1 atom stereocenters. The fourth-order valence-corrected chi connectivity index (χ4v) is 2.87. The molecule has 2 N–H and O–H groups in total. The molecule has 2 heterocycles. The second kappa shape index (κ2) is 7.02. The molecular formula is C17H23N3O3. The Hall–Kier alpha value is -2.05. The molecule has 2 aromatic rings. The number of amides is 1. The molecule has 23 heavy (non-hydrogen) atoms. The van der Waals surface area contributed by atoms with E-state index in [1.807, 2.05) is 31.2 Å². The average Bonchev–Trinajstić information content (AvgIpc) is 2.98. The van der Waals surface area contributed by atoms with Gasteiger partial charge < -0.3 is 19.8 Å².